The summed E-state index contributed by atoms with van der Waals surface area (Å²) >= 11 is 0. The van der Waals surface area contributed by atoms with Crippen molar-refractivity contribution >= 4 is 47.4 Å². The highest BCUT2D eigenvalue weighted by Crippen LogP contribution is 2.47. The molecule has 4 atom stereocenters. The van der Waals surface area contributed by atoms with Gasteiger partial charge in [-0.1, -0.05) is 144 Å². The lowest BCUT2D eigenvalue weighted by molar-refractivity contribution is -0.140. The molecule has 1 aliphatic carbocycles. The van der Waals surface area contributed by atoms with Crippen molar-refractivity contribution in [3.8, 4) is 5.75 Å². The van der Waals surface area contributed by atoms with Crippen molar-refractivity contribution in [2.45, 2.75) is 84.3 Å². The smallest absolute Gasteiger partial charge is 0.261 e. The average Bonchev–Trinajstić information content (AvgIpc) is 3.42. The van der Waals surface area contributed by atoms with Crippen LogP contribution in [0.25, 0.3) is 16.8 Å². The molecule has 0 saturated carbocycles. The number of imide groups is 1. The Hall–Kier alpha value is -4.34. The molecule has 1 saturated heterocycles. The fourth-order valence-electron chi connectivity index (χ4n) is 9.28. The van der Waals surface area contributed by atoms with E-state index in [2.05, 4.69) is 58.0 Å². The molecular formula is C47H57NO6Si. The second-order valence-corrected chi connectivity index (χ2v) is 20.6. The Kier molecular flexibility index (Phi) is 12.6. The number of hydrogen-bond acceptors (Lipinski definition) is 6. The highest BCUT2D eigenvalue weighted by atomic mass is 28.4. The van der Waals surface area contributed by atoms with E-state index in [9.17, 15) is 24.9 Å². The van der Waals surface area contributed by atoms with Crippen LogP contribution in [0.3, 0.4) is 0 Å². The minimum atomic E-state index is -3.00. The lowest BCUT2D eigenvalue weighted by Gasteiger charge is -2.44. The van der Waals surface area contributed by atoms with Crippen LogP contribution in [0, 0.1) is 17.8 Å². The Bertz CT molecular complexity index is 2000. The molecule has 7 nitrogen and oxygen atoms in total. The molecule has 6 rings (SSSR count). The van der Waals surface area contributed by atoms with Crippen LogP contribution in [0.4, 0.5) is 0 Å². The van der Waals surface area contributed by atoms with Gasteiger partial charge in [0, 0.05) is 17.8 Å². The Labute approximate surface area is 327 Å². The third kappa shape index (κ3) is 7.88. The second-order valence-electron chi connectivity index (χ2n) is 16.3. The first-order valence-corrected chi connectivity index (χ1v) is 21.9. The van der Waals surface area contributed by atoms with Gasteiger partial charge in [-0.05, 0) is 75.7 Å². The number of carbonyl (C=O) groups is 2. The number of carbonyl (C=O) groups excluding carboxylic acids is 2. The van der Waals surface area contributed by atoms with E-state index in [1.807, 2.05) is 73.7 Å². The van der Waals surface area contributed by atoms with Gasteiger partial charge in [0.25, 0.3) is 8.32 Å². The highest BCUT2D eigenvalue weighted by molar-refractivity contribution is 6.99. The summed E-state index contributed by atoms with van der Waals surface area (Å²) in [6.07, 6.45) is 4.89. The molecule has 2 aliphatic rings. The number of amides is 2. The molecule has 1 heterocycles. The van der Waals surface area contributed by atoms with Gasteiger partial charge in [0.15, 0.2) is 0 Å². The van der Waals surface area contributed by atoms with Crippen LogP contribution in [0.2, 0.25) is 5.04 Å². The molecule has 3 N–H and O–H groups in total. The predicted molar refractivity (Wildman–Crippen MR) is 224 cm³/mol. The van der Waals surface area contributed by atoms with Gasteiger partial charge in [-0.2, -0.15) is 0 Å². The number of nitrogens with zero attached hydrogens (tertiary/aromatic N) is 1. The van der Waals surface area contributed by atoms with Crippen LogP contribution in [0.15, 0.2) is 114 Å². The normalized spacial score (nSPS) is 20.0. The lowest BCUT2D eigenvalue weighted by atomic mass is 9.68. The zero-order valence-electron chi connectivity index (χ0n) is 33.0. The van der Waals surface area contributed by atoms with Crippen LogP contribution in [0.5, 0.6) is 5.75 Å². The Morgan fingerprint density at radius 2 is 1.47 bits per heavy atom. The van der Waals surface area contributed by atoms with Crippen molar-refractivity contribution in [2.75, 3.05) is 19.8 Å². The van der Waals surface area contributed by atoms with E-state index in [1.165, 1.54) is 10.5 Å². The number of aliphatic hydroxyl groups is 2. The van der Waals surface area contributed by atoms with Crippen LogP contribution in [-0.4, -0.2) is 66.2 Å². The molecule has 0 unspecified atom stereocenters. The molecule has 55 heavy (non-hydrogen) atoms. The summed E-state index contributed by atoms with van der Waals surface area (Å²) in [7, 11) is -3.00. The first kappa shape index (κ1) is 40.3. The van der Waals surface area contributed by atoms with Crippen molar-refractivity contribution in [1.29, 1.82) is 0 Å². The molecule has 2 amide bonds. The number of rotatable bonds is 15. The monoisotopic (exact) mass is 759 g/mol. The average molecular weight is 760 g/mol. The van der Waals surface area contributed by atoms with Crippen molar-refractivity contribution in [3.63, 3.8) is 0 Å². The van der Waals surface area contributed by atoms with E-state index in [0.717, 1.165) is 45.1 Å². The Balaban J connectivity index is 1.41. The SMILES string of the molecule is CCC/C(=C\c1ccc(O)c2ccccc12)CC[C@@H](O)C1=C(CO[Si](c2ccccc2)(c2ccccc2)C(C)(C)C)C[C@H]2C(=O)N(CCC)C(=O)[C@H]2[C@H]1CO. The number of likely N-dealkylation sites (tertiary alicyclic amines) is 1. The maximum atomic E-state index is 13.9. The number of phenols is 1. The van der Waals surface area contributed by atoms with Gasteiger partial charge < -0.3 is 19.7 Å². The van der Waals surface area contributed by atoms with E-state index >= 15 is 0 Å². The first-order valence-electron chi connectivity index (χ1n) is 20.0. The van der Waals surface area contributed by atoms with Crippen LogP contribution in [-0.2, 0) is 14.0 Å². The number of benzene rings is 4. The zero-order chi connectivity index (χ0) is 39.3. The van der Waals surface area contributed by atoms with Gasteiger partial charge in [0.05, 0.1) is 31.2 Å². The molecule has 4 aromatic rings. The lowest BCUT2D eigenvalue weighted by Crippen LogP contribution is -2.66. The van der Waals surface area contributed by atoms with Gasteiger partial charge in [-0.15, -0.1) is 0 Å². The fraction of sp³-hybridized carbons (Fsp3) is 0.404. The molecule has 1 aliphatic heterocycles. The Morgan fingerprint density at radius 3 is 2.05 bits per heavy atom. The van der Waals surface area contributed by atoms with E-state index in [1.54, 1.807) is 6.07 Å². The minimum absolute atomic E-state index is 0.172. The summed E-state index contributed by atoms with van der Waals surface area (Å²) in [6.45, 7) is 10.9. The van der Waals surface area contributed by atoms with E-state index in [-0.39, 0.29) is 35.8 Å². The highest BCUT2D eigenvalue weighted by Gasteiger charge is 2.56. The molecule has 0 radical (unpaired) electrons. The summed E-state index contributed by atoms with van der Waals surface area (Å²) in [5, 5.41) is 37.6. The summed E-state index contributed by atoms with van der Waals surface area (Å²) in [5.74, 6) is -2.24. The number of aliphatic hydroxyl groups excluding tert-OH is 2. The maximum Gasteiger partial charge on any atom is 0.261 e. The molecule has 0 bridgehead atoms. The van der Waals surface area contributed by atoms with Gasteiger partial charge in [-0.3, -0.25) is 14.5 Å². The zero-order valence-corrected chi connectivity index (χ0v) is 34.0. The summed E-state index contributed by atoms with van der Waals surface area (Å²) in [4.78, 5) is 29.2. The number of fused-ring (bicyclic) bond motifs is 2. The summed E-state index contributed by atoms with van der Waals surface area (Å²) < 4.78 is 7.40. The number of allylic oxidation sites excluding steroid dienone is 1. The molecule has 4 aromatic carbocycles. The van der Waals surface area contributed by atoms with Crippen molar-refractivity contribution < 1.29 is 29.3 Å². The maximum absolute atomic E-state index is 13.9. The summed E-state index contributed by atoms with van der Waals surface area (Å²) in [6, 6.07) is 32.2. The predicted octanol–water partition coefficient (Wildman–Crippen LogP) is 7.77. The van der Waals surface area contributed by atoms with E-state index in [0.29, 0.717) is 37.8 Å². The van der Waals surface area contributed by atoms with Gasteiger partial charge >= 0.3 is 0 Å². The largest absolute Gasteiger partial charge is 0.507 e. The second kappa shape index (κ2) is 17.2. The third-order valence-corrected chi connectivity index (χ3v) is 16.7. The third-order valence-electron chi connectivity index (χ3n) is 11.8. The minimum Gasteiger partial charge on any atom is -0.507 e. The summed E-state index contributed by atoms with van der Waals surface area (Å²) in [5.41, 5.74) is 3.63. The molecule has 290 valence electrons. The van der Waals surface area contributed by atoms with Crippen molar-refractivity contribution in [3.05, 3.63) is 119 Å². The molecule has 1 fully saturated rings. The van der Waals surface area contributed by atoms with Crippen LogP contribution < -0.4 is 10.4 Å². The van der Waals surface area contributed by atoms with E-state index < -0.39 is 32.2 Å². The van der Waals surface area contributed by atoms with E-state index in [4.69, 9.17) is 4.43 Å². The molecular weight excluding hydrogens is 703 g/mol. The van der Waals surface area contributed by atoms with Gasteiger partial charge in [-0.25, -0.2) is 0 Å². The molecule has 0 spiro atoms. The molecule has 0 aromatic heterocycles. The van der Waals surface area contributed by atoms with Crippen LogP contribution in [0.1, 0.15) is 78.7 Å². The van der Waals surface area contributed by atoms with Crippen LogP contribution >= 0.6 is 0 Å². The quantitative estimate of drug-likeness (QED) is 0.0650. The molecule has 8 heteroatoms. The van der Waals surface area contributed by atoms with Gasteiger partial charge in [0.1, 0.15) is 5.75 Å². The van der Waals surface area contributed by atoms with Gasteiger partial charge in [0.2, 0.25) is 11.8 Å². The number of aromatic hydroxyl groups is 1. The number of hydrogen-bond donors (Lipinski definition) is 3. The Morgan fingerprint density at radius 1 is 0.855 bits per heavy atom. The number of phenolic OH excluding ortho intramolecular Hbond substituents is 1. The fourth-order valence-corrected chi connectivity index (χ4v) is 13.8. The van der Waals surface area contributed by atoms with Crippen molar-refractivity contribution in [2.24, 2.45) is 17.8 Å². The topological polar surface area (TPSA) is 107 Å². The standard InChI is InChI=1S/C47H57NO6Si/c1-6-16-32(28-33-24-26-41(50)38-22-15-14-21-37(33)38)23-25-42(51)43-34(29-39-44(40(43)30-49)46(53)48(27-7-2)45(39)52)31-54-55(47(3,4)5,35-17-10-8-11-18-35)36-19-12-9-13-20-36/h8-15,17-22,24,26,28,39-40,42,44,49-51H,6-7,16,23,25,27,29-31H2,1-5H3/b32-28+/t39-,40+,42-,44-/m1/s1. The first-order chi connectivity index (χ1) is 26.5. The van der Waals surface area contributed by atoms with Crippen molar-refractivity contribution in [1.82, 2.24) is 4.90 Å².